The van der Waals surface area contributed by atoms with Gasteiger partial charge in [0.05, 0.1) is 23.4 Å². The zero-order valence-electron chi connectivity index (χ0n) is 15.8. The first-order chi connectivity index (χ1) is 13.5. The van der Waals surface area contributed by atoms with Crippen molar-refractivity contribution in [3.63, 3.8) is 0 Å². The van der Waals surface area contributed by atoms with E-state index in [0.29, 0.717) is 12.4 Å². The number of benzene rings is 2. The van der Waals surface area contributed by atoms with Gasteiger partial charge in [-0.15, -0.1) is 0 Å². The van der Waals surface area contributed by atoms with E-state index in [1.807, 2.05) is 32.0 Å². The van der Waals surface area contributed by atoms with E-state index >= 15 is 0 Å². The van der Waals surface area contributed by atoms with E-state index in [9.17, 15) is 4.39 Å². The molecule has 0 amide bonds. The van der Waals surface area contributed by atoms with Gasteiger partial charge in [-0.3, -0.25) is 0 Å². The van der Waals surface area contributed by atoms with Crippen LogP contribution in [0.25, 0.3) is 22.4 Å². The smallest absolute Gasteiger partial charge is 0.177 e. The van der Waals surface area contributed by atoms with Gasteiger partial charge in [-0.1, -0.05) is 41.9 Å². The summed E-state index contributed by atoms with van der Waals surface area (Å²) in [6.07, 6.45) is 2.06. The molecule has 0 saturated carbocycles. The van der Waals surface area contributed by atoms with Crippen LogP contribution < -0.4 is 4.74 Å². The number of nitrogens with zero attached hydrogens (tertiary/aromatic N) is 3. The zero-order valence-corrected chi connectivity index (χ0v) is 16.6. The molecular weight excluding hydrogens is 377 g/mol. The highest BCUT2D eigenvalue weighted by molar-refractivity contribution is 6.32. The maximum Gasteiger partial charge on any atom is 0.177 e. The number of rotatable bonds is 4. The van der Waals surface area contributed by atoms with Crippen LogP contribution in [-0.2, 0) is 6.54 Å². The lowest BCUT2D eigenvalue weighted by Crippen LogP contribution is -2.03. The lowest BCUT2D eigenvalue weighted by molar-refractivity contribution is 0.387. The fraction of sp³-hybridized carbons (Fsp3) is 0.182. The Morgan fingerprint density at radius 1 is 1.07 bits per heavy atom. The molecule has 0 bridgehead atoms. The summed E-state index contributed by atoms with van der Waals surface area (Å²) in [6, 6.07) is 13.3. The van der Waals surface area contributed by atoms with Crippen LogP contribution in [-0.4, -0.2) is 21.6 Å². The fourth-order valence-corrected chi connectivity index (χ4v) is 3.72. The van der Waals surface area contributed by atoms with Crippen LogP contribution in [0.1, 0.15) is 16.8 Å². The van der Waals surface area contributed by atoms with Crippen molar-refractivity contribution in [2.75, 3.05) is 7.11 Å². The summed E-state index contributed by atoms with van der Waals surface area (Å²) in [5.41, 5.74) is 4.09. The number of aryl methyl sites for hydroxylation is 2. The van der Waals surface area contributed by atoms with Gasteiger partial charge in [0, 0.05) is 18.1 Å². The van der Waals surface area contributed by atoms with E-state index in [-0.39, 0.29) is 16.3 Å². The number of hydrogen-bond acceptors (Lipinski definition) is 3. The van der Waals surface area contributed by atoms with Crippen molar-refractivity contribution >= 4 is 22.6 Å². The number of ether oxygens (including phenoxy) is 1. The lowest BCUT2D eigenvalue weighted by Gasteiger charge is -2.11. The van der Waals surface area contributed by atoms with Gasteiger partial charge in [-0.2, -0.15) is 0 Å². The van der Waals surface area contributed by atoms with Gasteiger partial charge in [-0.05, 0) is 37.1 Å². The fourth-order valence-electron chi connectivity index (χ4n) is 3.50. The standard InChI is InChI=1S/C22H19ClFN3O/c1-13-11-27(12-15-7-5-4-6-8-15)22-18(13)14(2)25-21(26-22)16-9-10-17(23)20(28-3)19(16)24/h4-11H,12H2,1-3H3. The van der Waals surface area contributed by atoms with Crippen molar-refractivity contribution in [1.82, 2.24) is 14.5 Å². The minimum atomic E-state index is -0.563. The van der Waals surface area contributed by atoms with E-state index in [1.54, 1.807) is 12.1 Å². The Kier molecular flexibility index (Phi) is 4.77. The first-order valence-electron chi connectivity index (χ1n) is 8.90. The van der Waals surface area contributed by atoms with Crippen molar-refractivity contribution in [3.05, 3.63) is 76.3 Å². The van der Waals surface area contributed by atoms with Crippen LogP contribution in [0.4, 0.5) is 4.39 Å². The van der Waals surface area contributed by atoms with Gasteiger partial charge in [-0.25, -0.2) is 14.4 Å². The van der Waals surface area contributed by atoms with Crippen LogP contribution in [0.2, 0.25) is 5.02 Å². The first kappa shape index (κ1) is 18.4. The molecule has 0 aliphatic carbocycles. The molecule has 6 heteroatoms. The van der Waals surface area contributed by atoms with Gasteiger partial charge in [0.1, 0.15) is 5.65 Å². The van der Waals surface area contributed by atoms with E-state index in [2.05, 4.69) is 27.9 Å². The predicted octanol–water partition coefficient (Wildman–Crippen LogP) is 5.56. The van der Waals surface area contributed by atoms with Crippen molar-refractivity contribution < 1.29 is 9.13 Å². The van der Waals surface area contributed by atoms with E-state index < -0.39 is 5.82 Å². The number of fused-ring (bicyclic) bond motifs is 1. The van der Waals surface area contributed by atoms with Crippen molar-refractivity contribution in [3.8, 4) is 17.1 Å². The Labute approximate surface area is 167 Å². The Bertz CT molecular complexity index is 1170. The lowest BCUT2D eigenvalue weighted by atomic mass is 10.1. The van der Waals surface area contributed by atoms with Gasteiger partial charge < -0.3 is 9.30 Å². The molecular formula is C22H19ClFN3O. The third-order valence-electron chi connectivity index (χ3n) is 4.78. The largest absolute Gasteiger partial charge is 0.492 e. The highest BCUT2D eigenvalue weighted by Crippen LogP contribution is 2.35. The maximum atomic E-state index is 14.9. The van der Waals surface area contributed by atoms with Crippen LogP contribution in [0.5, 0.6) is 5.75 Å². The average molecular weight is 396 g/mol. The van der Waals surface area contributed by atoms with Gasteiger partial charge >= 0.3 is 0 Å². The molecule has 0 saturated heterocycles. The molecule has 0 atom stereocenters. The summed E-state index contributed by atoms with van der Waals surface area (Å²) < 4.78 is 22.1. The minimum absolute atomic E-state index is 0.00337. The second-order valence-corrected chi connectivity index (χ2v) is 7.11. The summed E-state index contributed by atoms with van der Waals surface area (Å²) in [6.45, 7) is 4.62. The molecule has 0 radical (unpaired) electrons. The molecule has 142 valence electrons. The van der Waals surface area contributed by atoms with Crippen LogP contribution >= 0.6 is 11.6 Å². The summed E-state index contributed by atoms with van der Waals surface area (Å²) >= 11 is 6.02. The molecule has 0 aliphatic rings. The van der Waals surface area contributed by atoms with E-state index in [4.69, 9.17) is 21.3 Å². The second kappa shape index (κ2) is 7.24. The molecule has 0 fully saturated rings. The number of hydrogen-bond donors (Lipinski definition) is 0. The monoisotopic (exact) mass is 395 g/mol. The number of aromatic nitrogens is 3. The highest BCUT2D eigenvalue weighted by atomic mass is 35.5. The minimum Gasteiger partial charge on any atom is -0.492 e. The maximum absolute atomic E-state index is 14.9. The predicted molar refractivity (Wildman–Crippen MR) is 110 cm³/mol. The molecule has 2 aromatic heterocycles. The van der Waals surface area contributed by atoms with Crippen LogP contribution in [0, 0.1) is 19.7 Å². The molecule has 28 heavy (non-hydrogen) atoms. The number of halogens is 2. The van der Waals surface area contributed by atoms with Gasteiger partial charge in [0.25, 0.3) is 0 Å². The van der Waals surface area contributed by atoms with Gasteiger partial charge in [0.15, 0.2) is 17.4 Å². The zero-order chi connectivity index (χ0) is 19.8. The van der Waals surface area contributed by atoms with Gasteiger partial charge in [0.2, 0.25) is 0 Å². The van der Waals surface area contributed by atoms with Crippen molar-refractivity contribution in [2.45, 2.75) is 20.4 Å². The Hall–Kier alpha value is -2.92. The summed E-state index contributed by atoms with van der Waals surface area (Å²) in [5.74, 6) is -0.257. The quantitative estimate of drug-likeness (QED) is 0.454. The molecule has 0 unspecified atom stereocenters. The third-order valence-corrected chi connectivity index (χ3v) is 5.07. The topological polar surface area (TPSA) is 39.9 Å². The van der Waals surface area contributed by atoms with Crippen molar-refractivity contribution in [2.24, 2.45) is 0 Å². The van der Waals surface area contributed by atoms with Crippen LogP contribution in [0.15, 0.2) is 48.7 Å². The summed E-state index contributed by atoms with van der Waals surface area (Å²) in [7, 11) is 1.39. The average Bonchev–Trinajstić information content (AvgIpc) is 2.99. The molecule has 2 aromatic carbocycles. The molecule has 4 rings (SSSR count). The molecule has 4 nitrogen and oxygen atoms in total. The number of methoxy groups -OCH3 is 1. The molecule has 2 heterocycles. The summed E-state index contributed by atoms with van der Waals surface area (Å²) in [4.78, 5) is 9.26. The highest BCUT2D eigenvalue weighted by Gasteiger charge is 2.19. The SMILES string of the molecule is COc1c(Cl)ccc(-c2nc(C)c3c(C)cn(Cc4ccccc4)c3n2)c1F. The first-order valence-corrected chi connectivity index (χ1v) is 9.27. The van der Waals surface area contributed by atoms with Crippen LogP contribution in [0.3, 0.4) is 0 Å². The normalized spacial score (nSPS) is 11.2. The second-order valence-electron chi connectivity index (χ2n) is 6.70. The van der Waals surface area contributed by atoms with E-state index in [0.717, 1.165) is 27.9 Å². The van der Waals surface area contributed by atoms with E-state index in [1.165, 1.54) is 7.11 Å². The Balaban J connectivity index is 1.89. The third kappa shape index (κ3) is 3.12. The Morgan fingerprint density at radius 3 is 2.54 bits per heavy atom. The Morgan fingerprint density at radius 2 is 1.82 bits per heavy atom. The molecule has 4 aromatic rings. The van der Waals surface area contributed by atoms with Crippen molar-refractivity contribution in [1.29, 1.82) is 0 Å². The summed E-state index contributed by atoms with van der Waals surface area (Å²) in [5, 5.41) is 1.20. The molecule has 0 N–H and O–H groups in total. The molecule has 0 spiro atoms. The molecule has 0 aliphatic heterocycles.